The van der Waals surface area contributed by atoms with Crippen molar-refractivity contribution in [2.75, 3.05) is 0 Å². The fourth-order valence-corrected chi connectivity index (χ4v) is 9.51. The summed E-state index contributed by atoms with van der Waals surface area (Å²) in [6.07, 6.45) is 2.21. The van der Waals surface area contributed by atoms with Crippen LogP contribution in [0.3, 0.4) is 0 Å². The predicted octanol–water partition coefficient (Wildman–Crippen LogP) is 5.58. The van der Waals surface area contributed by atoms with Gasteiger partial charge in [-0.15, -0.1) is 23.2 Å². The molecule has 5 heteroatoms. The van der Waals surface area contributed by atoms with E-state index in [-0.39, 0.29) is 32.6 Å². The van der Waals surface area contributed by atoms with E-state index in [2.05, 4.69) is 53.8 Å². The summed E-state index contributed by atoms with van der Waals surface area (Å²) < 4.78 is -0.460. The van der Waals surface area contributed by atoms with Gasteiger partial charge in [0, 0.05) is 27.3 Å². The van der Waals surface area contributed by atoms with Crippen molar-refractivity contribution in [1.82, 2.24) is 5.32 Å². The van der Waals surface area contributed by atoms with Crippen LogP contribution in [0.4, 0.5) is 0 Å². The summed E-state index contributed by atoms with van der Waals surface area (Å²) in [6, 6.07) is 1.22. The molecule has 0 amide bonds. The molecule has 0 aromatic rings. The Morgan fingerprint density at radius 2 is 1.74 bits per heavy atom. The van der Waals surface area contributed by atoms with Gasteiger partial charge >= 0.3 is 0 Å². The first-order valence-corrected chi connectivity index (χ1v) is 10.9. The minimum atomic E-state index is -0.946. The molecule has 1 aliphatic carbocycles. The van der Waals surface area contributed by atoms with Crippen LogP contribution in [0.5, 0.6) is 0 Å². The second-order valence-electron chi connectivity index (χ2n) is 7.99. The zero-order chi connectivity index (χ0) is 16.9. The number of hydrogen-bond acceptors (Lipinski definition) is 1. The molecule has 1 saturated heterocycles. The zero-order valence-corrected chi connectivity index (χ0v) is 19.6. The topological polar surface area (TPSA) is 12.0 Å². The van der Waals surface area contributed by atoms with Crippen molar-refractivity contribution in [3.63, 3.8) is 0 Å². The first-order chi connectivity index (χ1) is 9.99. The average molecular weight is 407 g/mol. The molecule has 129 valence electrons. The quantitative estimate of drug-likeness (QED) is 0.358. The molecular weight excluding hydrogens is 377 g/mol. The Balaban J connectivity index is 0.00000264. The number of hydrogen-bond donors (Lipinski definition) is 1. The molecule has 0 saturated carbocycles. The maximum Gasteiger partial charge on any atom is 0.127 e. The summed E-state index contributed by atoms with van der Waals surface area (Å²) in [5.74, 6) is 0.524. The SMILES string of the molecule is CC1=C(C)C(C)C([Si]2CCCC(Cl)C2(Cl)NC(C)(C)C)=C1C.[Ti]. The van der Waals surface area contributed by atoms with E-state index >= 15 is 0 Å². The smallest absolute Gasteiger partial charge is 0.127 e. The van der Waals surface area contributed by atoms with E-state index in [4.69, 9.17) is 23.2 Å². The maximum atomic E-state index is 7.23. The van der Waals surface area contributed by atoms with Gasteiger partial charge in [0.15, 0.2) is 0 Å². The average Bonchev–Trinajstić information content (AvgIpc) is 2.56. The molecule has 1 nitrogen and oxygen atoms in total. The molecular formula is C18H30Cl2NSiTi. The van der Waals surface area contributed by atoms with E-state index in [1.54, 1.807) is 5.20 Å². The predicted molar refractivity (Wildman–Crippen MR) is 101 cm³/mol. The molecule has 1 fully saturated rings. The minimum absolute atomic E-state index is 0. The van der Waals surface area contributed by atoms with Crippen molar-refractivity contribution in [2.24, 2.45) is 5.92 Å². The summed E-state index contributed by atoms with van der Waals surface area (Å²) in [5, 5.41) is 5.32. The van der Waals surface area contributed by atoms with Gasteiger partial charge in [-0.3, -0.25) is 5.32 Å². The Bertz CT molecular complexity index is 524. The van der Waals surface area contributed by atoms with Crippen LogP contribution in [0.2, 0.25) is 6.04 Å². The van der Waals surface area contributed by atoms with E-state index in [0.717, 1.165) is 6.42 Å². The second-order valence-corrected chi connectivity index (χ2v) is 12.2. The number of halogens is 2. The van der Waals surface area contributed by atoms with Gasteiger partial charge in [0.2, 0.25) is 0 Å². The first-order valence-electron chi connectivity index (χ1n) is 8.36. The van der Waals surface area contributed by atoms with Crippen molar-refractivity contribution >= 4 is 32.0 Å². The van der Waals surface area contributed by atoms with E-state index in [1.807, 2.05) is 0 Å². The Morgan fingerprint density at radius 3 is 2.17 bits per heavy atom. The van der Waals surface area contributed by atoms with Gasteiger partial charge in [0.05, 0.1) is 5.38 Å². The van der Waals surface area contributed by atoms with Crippen molar-refractivity contribution in [1.29, 1.82) is 0 Å². The number of alkyl halides is 2. The van der Waals surface area contributed by atoms with Gasteiger partial charge in [-0.25, -0.2) is 0 Å². The molecule has 0 bridgehead atoms. The molecule has 23 heavy (non-hydrogen) atoms. The van der Waals surface area contributed by atoms with Gasteiger partial charge in [-0.05, 0) is 59.5 Å². The third kappa shape index (κ3) is 4.20. The van der Waals surface area contributed by atoms with Gasteiger partial charge < -0.3 is 0 Å². The molecule has 0 aromatic carbocycles. The largest absolute Gasteiger partial charge is 0.295 e. The standard InChI is InChI=1S/C18H30Cl2NSi.Ti/c1-11-12(2)14(4)16(13(11)3)22-10-8-9-15(19)18(22,20)21-17(5,6)7;/h13,15,21H,8-10H2,1-7H3;. The Labute approximate surface area is 169 Å². The third-order valence-corrected chi connectivity index (χ3v) is 10.8. The Hall–Kier alpha value is 0.951. The zero-order valence-electron chi connectivity index (χ0n) is 15.5. The number of nitrogens with one attached hydrogen (secondary N) is 1. The van der Waals surface area contributed by atoms with Crippen molar-refractivity contribution < 1.29 is 21.7 Å². The van der Waals surface area contributed by atoms with Crippen LogP contribution < -0.4 is 5.32 Å². The molecule has 1 heterocycles. The molecule has 3 unspecified atom stereocenters. The van der Waals surface area contributed by atoms with Crippen molar-refractivity contribution in [2.45, 2.75) is 82.9 Å². The van der Waals surface area contributed by atoms with E-state index in [1.165, 1.54) is 29.2 Å². The summed E-state index contributed by atoms with van der Waals surface area (Å²) in [4.78, 5) is 0. The van der Waals surface area contributed by atoms with Gasteiger partial charge in [0.1, 0.15) is 13.4 Å². The van der Waals surface area contributed by atoms with E-state index in [9.17, 15) is 0 Å². The van der Waals surface area contributed by atoms with Crippen LogP contribution in [-0.4, -0.2) is 24.3 Å². The van der Waals surface area contributed by atoms with Crippen LogP contribution in [0, 0.1) is 5.92 Å². The molecule has 2 rings (SSSR count). The van der Waals surface area contributed by atoms with Crippen LogP contribution in [0.15, 0.2) is 21.9 Å². The summed E-state index contributed by atoms with van der Waals surface area (Å²) in [7, 11) is -0.946. The Kier molecular flexibility index (Phi) is 7.34. The third-order valence-electron chi connectivity index (χ3n) is 5.28. The van der Waals surface area contributed by atoms with Crippen molar-refractivity contribution in [3.8, 4) is 0 Å². The summed E-state index contributed by atoms with van der Waals surface area (Å²) in [5.41, 5.74) is 4.42. The molecule has 1 N–H and O–H groups in total. The van der Waals surface area contributed by atoms with Crippen LogP contribution in [0.1, 0.15) is 61.3 Å². The van der Waals surface area contributed by atoms with Crippen LogP contribution in [-0.2, 0) is 21.7 Å². The van der Waals surface area contributed by atoms with E-state index < -0.39 is 13.4 Å². The Morgan fingerprint density at radius 1 is 1.17 bits per heavy atom. The van der Waals surface area contributed by atoms with Gasteiger partial charge in [-0.2, -0.15) is 0 Å². The molecule has 1 aliphatic heterocycles. The van der Waals surface area contributed by atoms with Crippen molar-refractivity contribution in [3.05, 3.63) is 21.9 Å². The van der Waals surface area contributed by atoms with Gasteiger partial charge in [-0.1, -0.05) is 35.7 Å². The molecule has 0 aromatic heterocycles. The first kappa shape index (κ1) is 22.0. The fraction of sp³-hybridized carbons (Fsp3) is 0.778. The molecule has 1 radical (unpaired) electrons. The summed E-state index contributed by atoms with van der Waals surface area (Å²) >= 11 is 14.0. The van der Waals surface area contributed by atoms with E-state index in [0.29, 0.717) is 5.92 Å². The van der Waals surface area contributed by atoms with Gasteiger partial charge in [0.25, 0.3) is 0 Å². The van der Waals surface area contributed by atoms with Crippen LogP contribution in [0.25, 0.3) is 0 Å². The fourth-order valence-electron chi connectivity index (χ4n) is 3.91. The second kappa shape index (κ2) is 7.68. The minimum Gasteiger partial charge on any atom is -0.295 e. The maximum absolute atomic E-state index is 7.23. The number of rotatable bonds is 2. The number of allylic oxidation sites excluding steroid dienone is 4. The summed E-state index contributed by atoms with van der Waals surface area (Å²) in [6.45, 7) is 15.7. The molecule has 0 spiro atoms. The monoisotopic (exact) mass is 406 g/mol. The molecule has 2 aliphatic rings. The van der Waals surface area contributed by atoms with Crippen LogP contribution >= 0.6 is 23.2 Å². The normalized spacial score (nSPS) is 33.3. The molecule has 3 atom stereocenters.